The molecule has 20 heavy (non-hydrogen) atoms. The number of hydrogen-bond acceptors (Lipinski definition) is 2. The number of carbonyl (C=O) groups is 2. The first kappa shape index (κ1) is 14.0. The minimum absolute atomic E-state index is 0.0329. The first-order valence-electron chi connectivity index (χ1n) is 8.32. The lowest BCUT2D eigenvalue weighted by atomic mass is 9.66. The van der Waals surface area contributed by atoms with E-state index < -0.39 is 0 Å². The van der Waals surface area contributed by atoms with Crippen LogP contribution in [-0.4, -0.2) is 11.6 Å². The van der Waals surface area contributed by atoms with Gasteiger partial charge < -0.3 is 0 Å². The summed E-state index contributed by atoms with van der Waals surface area (Å²) in [6, 6.07) is 0. The summed E-state index contributed by atoms with van der Waals surface area (Å²) in [5.74, 6) is 2.90. The highest BCUT2D eigenvalue weighted by Crippen LogP contribution is 2.60. The molecule has 3 fully saturated rings. The van der Waals surface area contributed by atoms with Crippen LogP contribution in [0.4, 0.5) is 0 Å². The van der Waals surface area contributed by atoms with Gasteiger partial charge in [-0.15, -0.1) is 0 Å². The van der Waals surface area contributed by atoms with Crippen molar-refractivity contribution in [1.82, 2.24) is 0 Å². The third-order valence-corrected chi connectivity index (χ3v) is 6.02. The molecule has 0 spiro atoms. The van der Waals surface area contributed by atoms with Crippen LogP contribution in [0.2, 0.25) is 0 Å². The van der Waals surface area contributed by atoms with E-state index in [1.807, 2.05) is 6.92 Å². The molecule has 3 saturated carbocycles. The van der Waals surface area contributed by atoms with Gasteiger partial charge in [-0.1, -0.05) is 25.3 Å². The zero-order valence-electron chi connectivity index (χ0n) is 12.6. The number of Topliss-reactive ketones (excluding diaryl/α,β-unsaturated/α-hetero) is 1. The van der Waals surface area contributed by atoms with Crippen molar-refractivity contribution < 1.29 is 9.59 Å². The summed E-state index contributed by atoms with van der Waals surface area (Å²) in [5, 5.41) is 0. The Morgan fingerprint density at radius 2 is 1.90 bits per heavy atom. The van der Waals surface area contributed by atoms with Gasteiger partial charge in [0.25, 0.3) is 0 Å². The second-order valence-electron chi connectivity index (χ2n) is 7.33. The molecule has 3 rings (SSSR count). The Bertz CT molecular complexity index is 433. The monoisotopic (exact) mass is 274 g/mol. The fourth-order valence-electron chi connectivity index (χ4n) is 5.27. The molecular weight excluding hydrogens is 248 g/mol. The van der Waals surface area contributed by atoms with E-state index in [1.165, 1.54) is 25.7 Å². The van der Waals surface area contributed by atoms with Crippen molar-refractivity contribution in [3.8, 4) is 0 Å². The Hall–Kier alpha value is -0.920. The lowest BCUT2D eigenvalue weighted by Crippen LogP contribution is -2.34. The summed E-state index contributed by atoms with van der Waals surface area (Å²) in [6.07, 6.45) is 13.0. The van der Waals surface area contributed by atoms with Crippen molar-refractivity contribution in [1.29, 1.82) is 0 Å². The first-order valence-corrected chi connectivity index (χ1v) is 8.32. The number of allylic oxidation sites excluding steroid dienone is 2. The Balaban J connectivity index is 1.67. The second-order valence-corrected chi connectivity index (χ2v) is 7.33. The van der Waals surface area contributed by atoms with Gasteiger partial charge in [-0.2, -0.15) is 0 Å². The van der Waals surface area contributed by atoms with Crippen LogP contribution in [0.15, 0.2) is 12.2 Å². The zero-order valence-corrected chi connectivity index (χ0v) is 12.6. The highest BCUT2D eigenvalue weighted by molar-refractivity contribution is 5.94. The van der Waals surface area contributed by atoms with E-state index in [1.54, 1.807) is 12.2 Å². The van der Waals surface area contributed by atoms with Gasteiger partial charge in [0, 0.05) is 18.3 Å². The average molecular weight is 274 g/mol. The molecule has 4 unspecified atom stereocenters. The van der Waals surface area contributed by atoms with Crippen molar-refractivity contribution in [3.63, 3.8) is 0 Å². The minimum Gasteiger partial charge on any atom is -0.299 e. The molecule has 4 atom stereocenters. The predicted octanol–water partition coefficient (Wildman–Crippen LogP) is 4.09. The van der Waals surface area contributed by atoms with Crippen molar-refractivity contribution in [2.24, 2.45) is 23.2 Å². The van der Waals surface area contributed by atoms with Gasteiger partial charge in [0.2, 0.25) is 0 Å². The molecule has 3 aliphatic carbocycles. The molecule has 2 heteroatoms. The highest BCUT2D eigenvalue weighted by atomic mass is 16.1. The van der Waals surface area contributed by atoms with Crippen LogP contribution < -0.4 is 0 Å². The number of carbonyl (C=O) groups excluding carboxylic acids is 2. The SMILES string of the molecule is C/C=C\C(=O)CCC(=O)C12CC3CCCC(C1)C(C3)C2. The fourth-order valence-corrected chi connectivity index (χ4v) is 5.27. The van der Waals surface area contributed by atoms with E-state index in [0.29, 0.717) is 18.6 Å². The molecule has 3 aliphatic rings. The molecule has 0 radical (unpaired) electrons. The topological polar surface area (TPSA) is 34.1 Å². The Kier molecular flexibility index (Phi) is 3.83. The molecule has 0 aromatic carbocycles. The molecule has 0 aliphatic heterocycles. The average Bonchev–Trinajstić information content (AvgIpc) is 2.59. The number of ketones is 2. The van der Waals surface area contributed by atoms with E-state index in [4.69, 9.17) is 0 Å². The lowest BCUT2D eigenvalue weighted by Gasteiger charge is -2.36. The maximum Gasteiger partial charge on any atom is 0.155 e. The number of rotatable bonds is 5. The summed E-state index contributed by atoms with van der Waals surface area (Å²) in [4.78, 5) is 24.3. The van der Waals surface area contributed by atoms with Crippen LogP contribution in [0.1, 0.15) is 64.7 Å². The van der Waals surface area contributed by atoms with Crippen LogP contribution in [-0.2, 0) is 9.59 Å². The second kappa shape index (κ2) is 5.46. The normalized spacial score (nSPS) is 39.1. The number of fused-ring (bicyclic) bond motifs is 2. The van der Waals surface area contributed by atoms with Gasteiger partial charge in [0.1, 0.15) is 5.78 Å². The molecule has 0 aromatic rings. The highest BCUT2D eigenvalue weighted by Gasteiger charge is 2.54. The molecular formula is C18H26O2. The smallest absolute Gasteiger partial charge is 0.155 e. The van der Waals surface area contributed by atoms with Gasteiger partial charge in [-0.3, -0.25) is 9.59 Å². The van der Waals surface area contributed by atoms with Crippen LogP contribution in [0.3, 0.4) is 0 Å². The third-order valence-electron chi connectivity index (χ3n) is 6.02. The number of hydrogen-bond donors (Lipinski definition) is 0. The van der Waals surface area contributed by atoms with Crippen molar-refractivity contribution in [2.75, 3.05) is 0 Å². The maximum atomic E-state index is 12.7. The molecule has 2 nitrogen and oxygen atoms in total. The molecule has 0 aromatic heterocycles. The van der Waals surface area contributed by atoms with Crippen LogP contribution in [0.5, 0.6) is 0 Å². The summed E-state index contributed by atoms with van der Waals surface area (Å²) >= 11 is 0. The Morgan fingerprint density at radius 3 is 2.70 bits per heavy atom. The lowest BCUT2D eigenvalue weighted by molar-refractivity contribution is -0.132. The fraction of sp³-hybridized carbons (Fsp3) is 0.778. The van der Waals surface area contributed by atoms with E-state index in [2.05, 4.69) is 0 Å². The van der Waals surface area contributed by atoms with Gasteiger partial charge >= 0.3 is 0 Å². The maximum absolute atomic E-state index is 12.7. The van der Waals surface area contributed by atoms with Gasteiger partial charge in [0.05, 0.1) is 0 Å². The summed E-state index contributed by atoms with van der Waals surface area (Å²) < 4.78 is 0. The Morgan fingerprint density at radius 1 is 1.10 bits per heavy atom. The largest absolute Gasteiger partial charge is 0.299 e. The quantitative estimate of drug-likeness (QED) is 0.708. The minimum atomic E-state index is -0.0329. The standard InChI is InChI=1S/C18H26O2/c1-2-4-16(19)7-8-17(20)18-10-13-5-3-6-14(11-18)15(9-13)12-18/h2,4,13-15H,3,5-12H2,1H3/b4-2-. The van der Waals surface area contributed by atoms with Crippen molar-refractivity contribution in [2.45, 2.75) is 64.7 Å². The molecule has 0 N–H and O–H groups in total. The van der Waals surface area contributed by atoms with Crippen molar-refractivity contribution >= 4 is 11.6 Å². The third kappa shape index (κ3) is 2.49. The van der Waals surface area contributed by atoms with Crippen molar-refractivity contribution in [3.05, 3.63) is 12.2 Å². The Labute approximate surface area is 122 Å². The summed E-state index contributed by atoms with van der Waals surface area (Å²) in [7, 11) is 0. The van der Waals surface area contributed by atoms with E-state index in [-0.39, 0.29) is 11.2 Å². The first-order chi connectivity index (χ1) is 9.63. The van der Waals surface area contributed by atoms with Gasteiger partial charge in [0.15, 0.2) is 5.78 Å². The van der Waals surface area contributed by atoms with Gasteiger partial charge in [-0.25, -0.2) is 0 Å². The molecule has 0 saturated heterocycles. The van der Waals surface area contributed by atoms with E-state index in [9.17, 15) is 9.59 Å². The van der Waals surface area contributed by atoms with E-state index in [0.717, 1.165) is 37.0 Å². The molecule has 110 valence electrons. The molecule has 0 heterocycles. The molecule has 3 bridgehead atoms. The summed E-state index contributed by atoms with van der Waals surface area (Å²) in [5.41, 5.74) is -0.0329. The van der Waals surface area contributed by atoms with Crippen LogP contribution in [0.25, 0.3) is 0 Å². The van der Waals surface area contributed by atoms with Crippen LogP contribution >= 0.6 is 0 Å². The molecule has 0 amide bonds. The zero-order chi connectivity index (χ0) is 14.2. The van der Waals surface area contributed by atoms with Gasteiger partial charge in [-0.05, 0) is 56.4 Å². The predicted molar refractivity (Wildman–Crippen MR) is 79.3 cm³/mol. The van der Waals surface area contributed by atoms with E-state index >= 15 is 0 Å². The van der Waals surface area contributed by atoms with Crippen LogP contribution in [0, 0.1) is 23.2 Å². The summed E-state index contributed by atoms with van der Waals surface area (Å²) in [6.45, 7) is 1.85.